The van der Waals surface area contributed by atoms with Gasteiger partial charge in [0, 0.05) is 29.8 Å². The third-order valence-corrected chi connectivity index (χ3v) is 4.07. The van der Waals surface area contributed by atoms with Crippen LogP contribution >= 0.6 is 23.5 Å². The van der Waals surface area contributed by atoms with Gasteiger partial charge in [-0.3, -0.25) is 0 Å². The predicted octanol–water partition coefficient (Wildman–Crippen LogP) is 2.22. The van der Waals surface area contributed by atoms with Crippen molar-refractivity contribution in [1.29, 1.82) is 0 Å². The van der Waals surface area contributed by atoms with E-state index in [0.29, 0.717) is 0 Å². The lowest BCUT2D eigenvalue weighted by atomic mass is 10.7. The normalized spacial score (nSPS) is 16.8. The maximum atomic E-state index is 3.46. The molecule has 0 amide bonds. The summed E-state index contributed by atoms with van der Waals surface area (Å²) in [4.78, 5) is 0. The Kier molecular flexibility index (Phi) is 6.35. The highest BCUT2D eigenvalue weighted by molar-refractivity contribution is 8.00. The molecule has 1 aliphatic rings. The molecule has 0 unspecified atom stereocenters. The smallest absolute Gasteiger partial charge is 0.00608 e. The molecule has 0 aromatic rings. The number of nitrogens with one attached hydrogen (secondary N) is 1. The quantitative estimate of drug-likeness (QED) is 0.610. The van der Waals surface area contributed by atoms with Crippen molar-refractivity contribution in [2.24, 2.45) is 0 Å². The molecular weight excluding hydrogens is 186 g/mol. The molecule has 0 heterocycles. The van der Waals surface area contributed by atoms with Crippen molar-refractivity contribution in [3.8, 4) is 0 Å². The molecule has 0 aromatic carbocycles. The fourth-order valence-electron chi connectivity index (χ4n) is 0.946. The minimum Gasteiger partial charge on any atom is -0.315 e. The Morgan fingerprint density at radius 1 is 1.25 bits per heavy atom. The molecule has 3 heteroatoms. The molecule has 0 aromatic heterocycles. The van der Waals surface area contributed by atoms with Gasteiger partial charge in [0.2, 0.25) is 0 Å². The highest BCUT2D eigenvalue weighted by atomic mass is 32.2. The summed E-state index contributed by atoms with van der Waals surface area (Å²) in [6.45, 7) is 4.60. The molecule has 1 aliphatic carbocycles. The van der Waals surface area contributed by atoms with Gasteiger partial charge in [-0.25, -0.2) is 0 Å². The Morgan fingerprint density at radius 3 is 2.67 bits per heavy atom. The van der Waals surface area contributed by atoms with Crippen molar-refractivity contribution in [2.45, 2.75) is 25.0 Å². The van der Waals surface area contributed by atoms with Crippen molar-refractivity contribution >= 4 is 23.5 Å². The lowest BCUT2D eigenvalue weighted by molar-refractivity contribution is 0.774. The zero-order valence-corrected chi connectivity index (χ0v) is 9.48. The summed E-state index contributed by atoms with van der Waals surface area (Å²) in [7, 11) is 0. The number of hydrogen-bond donors (Lipinski definition) is 1. The highest BCUT2D eigenvalue weighted by Gasteiger charge is 2.20. The maximum absolute atomic E-state index is 3.46. The van der Waals surface area contributed by atoms with Crippen LogP contribution in [0.25, 0.3) is 0 Å². The molecular formula is C9H19NS2. The predicted molar refractivity (Wildman–Crippen MR) is 61.3 cm³/mol. The van der Waals surface area contributed by atoms with Crippen LogP contribution in [0.3, 0.4) is 0 Å². The van der Waals surface area contributed by atoms with Crippen molar-refractivity contribution < 1.29 is 0 Å². The van der Waals surface area contributed by atoms with Crippen LogP contribution < -0.4 is 5.32 Å². The minimum absolute atomic E-state index is 1.02. The standard InChI is InChI=1S/C9H19NS2/c1-2-11-7-5-10-6-8-12-9-3-4-9/h9-10H,2-8H2,1H3. The van der Waals surface area contributed by atoms with Crippen molar-refractivity contribution in [3.05, 3.63) is 0 Å². The minimum atomic E-state index is 1.02. The van der Waals surface area contributed by atoms with Crippen LogP contribution in [0.4, 0.5) is 0 Å². The van der Waals surface area contributed by atoms with E-state index in [1.54, 1.807) is 0 Å². The molecule has 72 valence electrons. The van der Waals surface area contributed by atoms with E-state index in [1.807, 2.05) is 11.8 Å². The summed E-state index contributed by atoms with van der Waals surface area (Å²) in [5.41, 5.74) is 0. The average Bonchev–Trinajstić information content (AvgIpc) is 2.87. The Bertz CT molecular complexity index is 105. The van der Waals surface area contributed by atoms with Gasteiger partial charge in [-0.2, -0.15) is 23.5 Å². The zero-order chi connectivity index (χ0) is 8.65. The van der Waals surface area contributed by atoms with Gasteiger partial charge < -0.3 is 5.32 Å². The number of hydrogen-bond acceptors (Lipinski definition) is 3. The molecule has 0 saturated heterocycles. The van der Waals surface area contributed by atoms with Crippen LogP contribution in [0, 0.1) is 0 Å². The fraction of sp³-hybridized carbons (Fsp3) is 1.00. The van der Waals surface area contributed by atoms with Crippen LogP contribution in [0.15, 0.2) is 0 Å². The fourth-order valence-corrected chi connectivity index (χ4v) is 2.59. The first-order valence-electron chi connectivity index (χ1n) is 4.83. The van der Waals surface area contributed by atoms with Gasteiger partial charge in [0.1, 0.15) is 0 Å². The maximum Gasteiger partial charge on any atom is 0.00608 e. The highest BCUT2D eigenvalue weighted by Crippen LogP contribution is 2.33. The molecule has 1 N–H and O–H groups in total. The largest absolute Gasteiger partial charge is 0.315 e. The van der Waals surface area contributed by atoms with E-state index in [0.717, 1.165) is 5.25 Å². The summed E-state index contributed by atoms with van der Waals surface area (Å²) in [5, 5.41) is 4.49. The zero-order valence-electron chi connectivity index (χ0n) is 7.84. The molecule has 1 rings (SSSR count). The Hall–Kier alpha value is 0.660. The summed E-state index contributed by atoms with van der Waals surface area (Å²) in [6.07, 6.45) is 2.94. The Morgan fingerprint density at radius 2 is 2.00 bits per heavy atom. The van der Waals surface area contributed by atoms with Gasteiger partial charge in [-0.05, 0) is 18.6 Å². The van der Waals surface area contributed by atoms with Gasteiger partial charge in [-0.15, -0.1) is 0 Å². The monoisotopic (exact) mass is 205 g/mol. The first kappa shape index (κ1) is 10.7. The molecule has 0 bridgehead atoms. The summed E-state index contributed by atoms with van der Waals surface area (Å²) < 4.78 is 0. The van der Waals surface area contributed by atoms with E-state index in [1.165, 1.54) is 43.2 Å². The van der Waals surface area contributed by atoms with Crippen LogP contribution in [0.1, 0.15) is 19.8 Å². The topological polar surface area (TPSA) is 12.0 Å². The summed E-state index contributed by atoms with van der Waals surface area (Å²) >= 11 is 4.15. The van der Waals surface area contributed by atoms with Crippen molar-refractivity contribution in [2.75, 3.05) is 30.3 Å². The average molecular weight is 205 g/mol. The second-order valence-electron chi connectivity index (χ2n) is 3.02. The van der Waals surface area contributed by atoms with E-state index in [4.69, 9.17) is 0 Å². The van der Waals surface area contributed by atoms with Gasteiger partial charge in [0.15, 0.2) is 0 Å². The molecule has 1 fully saturated rings. The molecule has 1 nitrogen and oxygen atoms in total. The van der Waals surface area contributed by atoms with Gasteiger partial charge in [0.25, 0.3) is 0 Å². The van der Waals surface area contributed by atoms with Crippen LogP contribution in [0.5, 0.6) is 0 Å². The first-order valence-corrected chi connectivity index (χ1v) is 7.04. The third-order valence-electron chi connectivity index (χ3n) is 1.78. The first-order chi connectivity index (χ1) is 5.93. The van der Waals surface area contributed by atoms with Gasteiger partial charge in [0.05, 0.1) is 0 Å². The lowest BCUT2D eigenvalue weighted by Gasteiger charge is -2.02. The molecule has 12 heavy (non-hydrogen) atoms. The molecule has 0 atom stereocenters. The Balaban J connectivity index is 1.65. The molecule has 0 aliphatic heterocycles. The second-order valence-corrected chi connectivity index (χ2v) is 5.82. The summed E-state index contributed by atoms with van der Waals surface area (Å²) in [5.74, 6) is 3.82. The van der Waals surface area contributed by atoms with Crippen LogP contribution in [-0.4, -0.2) is 35.6 Å². The molecule has 0 spiro atoms. The van der Waals surface area contributed by atoms with E-state index in [-0.39, 0.29) is 0 Å². The van der Waals surface area contributed by atoms with E-state index in [2.05, 4.69) is 24.0 Å². The lowest BCUT2D eigenvalue weighted by Crippen LogP contribution is -2.20. The number of rotatable bonds is 8. The third kappa shape index (κ3) is 6.21. The van der Waals surface area contributed by atoms with Crippen LogP contribution in [-0.2, 0) is 0 Å². The summed E-state index contributed by atoms with van der Waals surface area (Å²) in [6, 6.07) is 0. The number of thioether (sulfide) groups is 2. The van der Waals surface area contributed by atoms with E-state index >= 15 is 0 Å². The Labute approximate surface area is 84.4 Å². The van der Waals surface area contributed by atoms with Gasteiger partial charge >= 0.3 is 0 Å². The molecule has 0 radical (unpaired) electrons. The van der Waals surface area contributed by atoms with Gasteiger partial charge in [-0.1, -0.05) is 6.92 Å². The van der Waals surface area contributed by atoms with Crippen molar-refractivity contribution in [1.82, 2.24) is 5.32 Å². The van der Waals surface area contributed by atoms with E-state index in [9.17, 15) is 0 Å². The van der Waals surface area contributed by atoms with Crippen LogP contribution in [0.2, 0.25) is 0 Å². The van der Waals surface area contributed by atoms with Crippen molar-refractivity contribution in [3.63, 3.8) is 0 Å². The van der Waals surface area contributed by atoms with E-state index < -0.39 is 0 Å². The SMILES string of the molecule is CCSCCNCCSC1CC1. The molecule has 1 saturated carbocycles. The second kappa shape index (κ2) is 7.10.